The van der Waals surface area contributed by atoms with Gasteiger partial charge in [-0.05, 0) is 12.1 Å². The van der Waals surface area contributed by atoms with Crippen molar-refractivity contribution in [2.24, 2.45) is 4.99 Å². The number of aliphatic imine (C=N–C) groups is 1. The molecule has 0 fully saturated rings. The van der Waals surface area contributed by atoms with Gasteiger partial charge in [0, 0.05) is 6.20 Å². The minimum absolute atomic E-state index is 0.204. The summed E-state index contributed by atoms with van der Waals surface area (Å²) in [6.45, 7) is 0. The van der Waals surface area contributed by atoms with Gasteiger partial charge in [-0.3, -0.25) is 9.78 Å². The number of nitrogens with one attached hydrogen (secondary N) is 1. The van der Waals surface area contributed by atoms with Crippen molar-refractivity contribution in [2.45, 2.75) is 0 Å². The maximum absolute atomic E-state index is 11.1. The van der Waals surface area contributed by atoms with E-state index in [1.807, 2.05) is 6.07 Å². The summed E-state index contributed by atoms with van der Waals surface area (Å²) >= 11 is 0. The molecule has 2 aromatic rings. The average Bonchev–Trinajstić information content (AvgIpc) is 2.29. The first-order valence-electron chi connectivity index (χ1n) is 4.22. The molecule has 0 radical (unpaired) electrons. The lowest BCUT2D eigenvalue weighted by Gasteiger charge is -1.90. The van der Waals surface area contributed by atoms with Crippen molar-refractivity contribution >= 4 is 11.9 Å². The van der Waals surface area contributed by atoms with Gasteiger partial charge in [0.2, 0.25) is 0 Å². The van der Waals surface area contributed by atoms with Crippen LogP contribution < -0.4 is 5.56 Å². The Morgan fingerprint density at radius 2 is 2.33 bits per heavy atom. The predicted octanol–water partition coefficient (Wildman–Crippen LogP) is 0.310. The summed E-state index contributed by atoms with van der Waals surface area (Å²) in [5, 5.41) is 9.03. The van der Waals surface area contributed by atoms with Crippen LogP contribution in [0.15, 0.2) is 40.4 Å². The van der Waals surface area contributed by atoms with Crippen LogP contribution in [0.3, 0.4) is 0 Å². The molecule has 0 amide bonds. The molecule has 0 aromatic carbocycles. The first kappa shape index (κ1) is 9.20. The number of aromatic nitrogens is 4. The van der Waals surface area contributed by atoms with Crippen molar-refractivity contribution in [1.29, 1.82) is 0 Å². The summed E-state index contributed by atoms with van der Waals surface area (Å²) < 4.78 is 0. The van der Waals surface area contributed by atoms with E-state index in [0.717, 1.165) is 0 Å². The van der Waals surface area contributed by atoms with Gasteiger partial charge in [0.1, 0.15) is 5.69 Å². The summed E-state index contributed by atoms with van der Waals surface area (Å²) in [5.41, 5.74) is 0.501. The molecule has 74 valence electrons. The minimum Gasteiger partial charge on any atom is -0.265 e. The van der Waals surface area contributed by atoms with Gasteiger partial charge in [-0.15, -0.1) is 5.10 Å². The minimum atomic E-state index is -0.378. The fourth-order valence-corrected chi connectivity index (χ4v) is 0.954. The van der Waals surface area contributed by atoms with Crippen LogP contribution in [0, 0.1) is 0 Å². The Balaban J connectivity index is 2.27. The maximum Gasteiger partial charge on any atom is 0.292 e. The van der Waals surface area contributed by atoms with E-state index in [9.17, 15) is 4.79 Å². The molecule has 2 heterocycles. The van der Waals surface area contributed by atoms with E-state index in [4.69, 9.17) is 0 Å². The van der Waals surface area contributed by atoms with Crippen LogP contribution in [0.5, 0.6) is 0 Å². The average molecular weight is 201 g/mol. The van der Waals surface area contributed by atoms with Crippen LogP contribution in [0.1, 0.15) is 5.69 Å². The highest BCUT2D eigenvalue weighted by molar-refractivity contribution is 5.79. The van der Waals surface area contributed by atoms with E-state index in [0.29, 0.717) is 5.69 Å². The number of H-pyrrole nitrogens is 1. The molecule has 1 N–H and O–H groups in total. The molecule has 0 aliphatic carbocycles. The molecule has 0 aliphatic heterocycles. The van der Waals surface area contributed by atoms with Crippen LogP contribution in [0.2, 0.25) is 0 Å². The van der Waals surface area contributed by atoms with Gasteiger partial charge in [-0.25, -0.2) is 10.1 Å². The summed E-state index contributed by atoms with van der Waals surface area (Å²) in [4.78, 5) is 19.1. The second-order valence-corrected chi connectivity index (χ2v) is 2.68. The molecule has 6 heteroatoms. The van der Waals surface area contributed by atoms with Crippen LogP contribution in [-0.2, 0) is 0 Å². The Morgan fingerprint density at radius 3 is 3.07 bits per heavy atom. The molecular formula is C9H7N5O. The molecule has 0 saturated heterocycles. The zero-order chi connectivity index (χ0) is 10.5. The van der Waals surface area contributed by atoms with Crippen molar-refractivity contribution in [3.63, 3.8) is 0 Å². The summed E-state index contributed by atoms with van der Waals surface area (Å²) in [6.07, 6.45) is 4.43. The molecule has 6 nitrogen and oxygen atoms in total. The van der Waals surface area contributed by atoms with Crippen LogP contribution in [0.4, 0.5) is 5.69 Å². The molecule has 2 aromatic heterocycles. The highest BCUT2D eigenvalue weighted by Gasteiger charge is 1.94. The number of hydrogen-bond acceptors (Lipinski definition) is 5. The Kier molecular flexibility index (Phi) is 2.59. The molecule has 2 rings (SSSR count). The van der Waals surface area contributed by atoms with Gasteiger partial charge in [0.05, 0.1) is 18.1 Å². The van der Waals surface area contributed by atoms with Crippen LogP contribution in [-0.4, -0.2) is 26.6 Å². The number of nitrogens with zero attached hydrogens (tertiary/aromatic N) is 4. The number of hydrogen-bond donors (Lipinski definition) is 1. The Bertz CT molecular complexity index is 519. The molecule has 0 atom stereocenters. The maximum atomic E-state index is 11.1. The third-order valence-corrected chi connectivity index (χ3v) is 1.65. The standard InChI is InChI=1S/C9H7N5O/c15-9-8(6-12-14-13-9)11-5-7-3-1-2-4-10-7/h1-6H,(H,12,13,15). The second kappa shape index (κ2) is 4.23. The van der Waals surface area contributed by atoms with E-state index in [1.165, 1.54) is 12.4 Å². The van der Waals surface area contributed by atoms with E-state index in [2.05, 4.69) is 25.4 Å². The Hall–Kier alpha value is -2.37. The summed E-state index contributed by atoms with van der Waals surface area (Å²) in [5.74, 6) is 0. The molecule has 0 unspecified atom stereocenters. The molecule has 15 heavy (non-hydrogen) atoms. The van der Waals surface area contributed by atoms with Crippen LogP contribution >= 0.6 is 0 Å². The zero-order valence-electron chi connectivity index (χ0n) is 7.66. The highest BCUT2D eigenvalue weighted by atomic mass is 16.1. The predicted molar refractivity (Wildman–Crippen MR) is 54.1 cm³/mol. The largest absolute Gasteiger partial charge is 0.292 e. The lowest BCUT2D eigenvalue weighted by Crippen LogP contribution is -2.07. The zero-order valence-corrected chi connectivity index (χ0v) is 7.66. The van der Waals surface area contributed by atoms with Gasteiger partial charge in [-0.2, -0.15) is 0 Å². The third kappa shape index (κ3) is 2.31. The SMILES string of the molecule is O=c1[nH]nncc1N=Cc1ccccn1. The van der Waals surface area contributed by atoms with Crippen molar-refractivity contribution in [1.82, 2.24) is 20.4 Å². The van der Waals surface area contributed by atoms with Gasteiger partial charge in [-0.1, -0.05) is 11.3 Å². The Labute approximate surface area is 84.7 Å². The number of pyridine rings is 1. The molecule has 0 bridgehead atoms. The molecule has 0 saturated carbocycles. The summed E-state index contributed by atoms with van der Waals surface area (Å²) in [6, 6.07) is 5.42. The van der Waals surface area contributed by atoms with Gasteiger partial charge in [0.15, 0.2) is 0 Å². The van der Waals surface area contributed by atoms with E-state index >= 15 is 0 Å². The topological polar surface area (TPSA) is 83.9 Å². The highest BCUT2D eigenvalue weighted by Crippen LogP contribution is 1.98. The Morgan fingerprint density at radius 1 is 1.40 bits per heavy atom. The molecular weight excluding hydrogens is 194 g/mol. The van der Waals surface area contributed by atoms with Gasteiger partial charge < -0.3 is 0 Å². The normalized spacial score (nSPS) is 10.7. The second-order valence-electron chi connectivity index (χ2n) is 2.68. The third-order valence-electron chi connectivity index (χ3n) is 1.65. The number of rotatable bonds is 2. The fourth-order valence-electron chi connectivity index (χ4n) is 0.954. The van der Waals surface area contributed by atoms with Gasteiger partial charge >= 0.3 is 0 Å². The summed E-state index contributed by atoms with van der Waals surface area (Å²) in [7, 11) is 0. The van der Waals surface area contributed by atoms with Crippen molar-refractivity contribution in [3.05, 3.63) is 46.6 Å². The smallest absolute Gasteiger partial charge is 0.265 e. The lowest BCUT2D eigenvalue weighted by atomic mass is 10.4. The van der Waals surface area contributed by atoms with E-state index < -0.39 is 0 Å². The molecule has 0 spiro atoms. The van der Waals surface area contributed by atoms with Crippen molar-refractivity contribution in [3.8, 4) is 0 Å². The number of aromatic amines is 1. The first-order valence-corrected chi connectivity index (χ1v) is 4.22. The van der Waals surface area contributed by atoms with Crippen LogP contribution in [0.25, 0.3) is 0 Å². The monoisotopic (exact) mass is 201 g/mol. The van der Waals surface area contributed by atoms with Crippen molar-refractivity contribution in [2.75, 3.05) is 0 Å². The van der Waals surface area contributed by atoms with Crippen molar-refractivity contribution < 1.29 is 0 Å². The fraction of sp³-hybridized carbons (Fsp3) is 0. The quantitative estimate of drug-likeness (QED) is 0.708. The lowest BCUT2D eigenvalue weighted by molar-refractivity contribution is 0.841. The first-order chi connectivity index (χ1) is 7.36. The van der Waals surface area contributed by atoms with Gasteiger partial charge in [0.25, 0.3) is 5.56 Å². The molecule has 0 aliphatic rings. The van der Waals surface area contributed by atoms with E-state index in [1.54, 1.807) is 18.3 Å². The van der Waals surface area contributed by atoms with E-state index in [-0.39, 0.29) is 11.2 Å².